The number of aromatic nitrogens is 1. The molecule has 0 aliphatic heterocycles. The van der Waals surface area contributed by atoms with E-state index in [4.69, 9.17) is 5.73 Å². The van der Waals surface area contributed by atoms with Crippen molar-refractivity contribution in [2.75, 3.05) is 17.6 Å². The van der Waals surface area contributed by atoms with Crippen molar-refractivity contribution < 1.29 is 30.3 Å². The first-order valence-electron chi connectivity index (χ1n) is 9.57. The van der Waals surface area contributed by atoms with E-state index < -0.39 is 24.2 Å². The Hall–Kier alpha value is -3.06. The minimum Gasteiger partial charge on any atom is -0.498 e. The normalized spacial score (nSPS) is 12.0. The summed E-state index contributed by atoms with van der Waals surface area (Å²) in [5.41, 5.74) is 6.77. The average Bonchev–Trinajstić information content (AvgIpc) is 3.04. The smallest absolute Gasteiger partial charge is 0.230 e. The maximum Gasteiger partial charge on any atom is 0.230 e. The van der Waals surface area contributed by atoms with Gasteiger partial charge in [-0.1, -0.05) is 53.8 Å². The van der Waals surface area contributed by atoms with Crippen LogP contribution in [0.3, 0.4) is 0 Å². The van der Waals surface area contributed by atoms with Crippen LogP contribution in [-0.4, -0.2) is 48.9 Å². The Bertz CT molecular complexity index is 1050. The Labute approximate surface area is 187 Å². The highest BCUT2D eigenvalue weighted by Gasteiger charge is 2.31. The summed E-state index contributed by atoms with van der Waals surface area (Å²) in [7, 11) is 0. The molecule has 0 atom stereocenters. The minimum atomic E-state index is -2.40. The maximum absolute atomic E-state index is 12.1. The summed E-state index contributed by atoms with van der Waals surface area (Å²) in [6.45, 7) is -0.566. The van der Waals surface area contributed by atoms with Gasteiger partial charge in [0.1, 0.15) is 5.69 Å². The van der Waals surface area contributed by atoms with Crippen LogP contribution in [0.15, 0.2) is 54.6 Å². The summed E-state index contributed by atoms with van der Waals surface area (Å²) in [4.78, 5) is 16.0. The lowest BCUT2D eigenvalue weighted by Crippen LogP contribution is -2.52. The van der Waals surface area contributed by atoms with Gasteiger partial charge < -0.3 is 36.6 Å². The monoisotopic (exact) mass is 460 g/mol. The third-order valence-corrected chi connectivity index (χ3v) is 5.29. The molecular formula is C21H24N4O6S. The molecule has 2 aromatic carbocycles. The van der Waals surface area contributed by atoms with Gasteiger partial charge in [0, 0.05) is 17.7 Å². The number of nitrogens with zero attached hydrogens (tertiary/aromatic N) is 1. The first-order chi connectivity index (χ1) is 15.0. The van der Waals surface area contributed by atoms with Gasteiger partial charge in [-0.05, 0) is 17.7 Å². The van der Waals surface area contributed by atoms with Crippen molar-refractivity contribution in [2.45, 2.75) is 24.5 Å². The van der Waals surface area contributed by atoms with Crippen LogP contribution in [-0.2, 0) is 23.4 Å². The van der Waals surface area contributed by atoms with Crippen LogP contribution in [0.2, 0.25) is 0 Å². The van der Waals surface area contributed by atoms with Crippen LogP contribution in [0, 0.1) is 0 Å². The van der Waals surface area contributed by atoms with Crippen molar-refractivity contribution in [2.24, 2.45) is 0 Å². The van der Waals surface area contributed by atoms with E-state index in [1.165, 1.54) is 24.3 Å². The third-order valence-electron chi connectivity index (χ3n) is 4.56. The highest BCUT2D eigenvalue weighted by atomic mass is 32.1. The molecule has 3 rings (SSSR count). The van der Waals surface area contributed by atoms with Crippen LogP contribution in [0.4, 0.5) is 10.8 Å². The number of carbonyl (C=O) groups excluding carboxylic acids is 1. The van der Waals surface area contributed by atoms with Gasteiger partial charge in [0.2, 0.25) is 17.6 Å². The molecule has 0 radical (unpaired) electrons. The van der Waals surface area contributed by atoms with Gasteiger partial charge in [0.05, 0.1) is 13.0 Å². The third kappa shape index (κ3) is 6.47. The Morgan fingerprint density at radius 2 is 1.69 bits per heavy atom. The van der Waals surface area contributed by atoms with Gasteiger partial charge >= 0.3 is 0 Å². The molecule has 1 aromatic heterocycles. The molecule has 0 bridgehead atoms. The Balaban J connectivity index is 1.56. The number of aliphatic hydroxyl groups is 4. The van der Waals surface area contributed by atoms with E-state index >= 15 is 0 Å². The first-order valence-corrected chi connectivity index (χ1v) is 10.4. The number of rotatable bonds is 9. The first kappa shape index (κ1) is 23.6. The quantitative estimate of drug-likeness (QED) is 0.207. The van der Waals surface area contributed by atoms with Crippen molar-refractivity contribution in [3.8, 4) is 5.06 Å². The van der Waals surface area contributed by atoms with Gasteiger partial charge in [-0.15, -0.1) is 0 Å². The second-order valence-corrected chi connectivity index (χ2v) is 8.26. The minimum absolute atomic E-state index is 0.0726. The number of hydrogen-bond donors (Lipinski definition) is 8. The lowest BCUT2D eigenvalue weighted by Gasteiger charge is -2.29. The van der Waals surface area contributed by atoms with E-state index in [0.29, 0.717) is 11.3 Å². The molecule has 3 aromatic rings. The molecule has 9 N–H and O–H groups in total. The largest absolute Gasteiger partial charge is 0.498 e. The standard InChI is InChI=1S/C21H24N4O6S/c22-19-25-16(18(27)32-19)10-17(26)24-15-8-6-14(7-9-15)20(28,29)12-23-21(30,31)11-13-4-2-1-3-5-13/h1-9,23,27-31H,10-12H2,(H2,22,25)(H,24,26). The highest BCUT2D eigenvalue weighted by Crippen LogP contribution is 2.28. The van der Waals surface area contributed by atoms with Gasteiger partial charge in [-0.3, -0.25) is 10.1 Å². The lowest BCUT2D eigenvalue weighted by atomic mass is 10.0. The number of benzene rings is 2. The fraction of sp³-hybridized carbons (Fsp3) is 0.238. The second kappa shape index (κ2) is 9.61. The summed E-state index contributed by atoms with van der Waals surface area (Å²) >= 11 is 0.874. The Morgan fingerprint density at radius 3 is 2.28 bits per heavy atom. The van der Waals surface area contributed by atoms with Gasteiger partial charge in [0.15, 0.2) is 10.2 Å². The number of aromatic hydroxyl groups is 1. The molecule has 1 amide bonds. The molecule has 0 aliphatic rings. The summed E-state index contributed by atoms with van der Waals surface area (Å²) in [5.74, 6) is -5.19. The van der Waals surface area contributed by atoms with Crippen molar-refractivity contribution in [1.82, 2.24) is 10.3 Å². The van der Waals surface area contributed by atoms with E-state index in [0.717, 1.165) is 11.3 Å². The van der Waals surface area contributed by atoms with Gasteiger partial charge in [-0.2, -0.15) is 0 Å². The van der Waals surface area contributed by atoms with Crippen molar-refractivity contribution in [3.63, 3.8) is 0 Å². The predicted octanol–water partition coefficient (Wildman–Crippen LogP) is 0.220. The summed E-state index contributed by atoms with van der Waals surface area (Å²) in [5, 5.41) is 55.5. The summed E-state index contributed by atoms with van der Waals surface area (Å²) < 4.78 is 0. The van der Waals surface area contributed by atoms with Gasteiger partial charge in [0.25, 0.3) is 0 Å². The number of anilines is 2. The van der Waals surface area contributed by atoms with Crippen LogP contribution < -0.4 is 16.4 Å². The molecule has 11 heteroatoms. The topological polar surface area (TPSA) is 181 Å². The molecular weight excluding hydrogens is 436 g/mol. The number of carbonyl (C=O) groups is 1. The van der Waals surface area contributed by atoms with E-state index in [1.54, 1.807) is 30.3 Å². The van der Waals surface area contributed by atoms with Crippen LogP contribution in [0.5, 0.6) is 5.06 Å². The predicted molar refractivity (Wildman–Crippen MR) is 118 cm³/mol. The van der Waals surface area contributed by atoms with E-state index in [1.807, 2.05) is 0 Å². The second-order valence-electron chi connectivity index (χ2n) is 7.26. The van der Waals surface area contributed by atoms with E-state index in [-0.39, 0.29) is 34.3 Å². The molecule has 0 saturated heterocycles. The Morgan fingerprint density at radius 1 is 1.03 bits per heavy atom. The van der Waals surface area contributed by atoms with Crippen LogP contribution in [0.1, 0.15) is 16.8 Å². The van der Waals surface area contributed by atoms with E-state index in [9.17, 15) is 30.3 Å². The molecule has 0 saturated carbocycles. The number of nitrogen functional groups attached to an aromatic ring is 1. The highest BCUT2D eigenvalue weighted by molar-refractivity contribution is 7.17. The summed E-state index contributed by atoms with van der Waals surface area (Å²) in [6, 6.07) is 14.4. The fourth-order valence-corrected chi connectivity index (χ4v) is 3.55. The molecule has 0 fully saturated rings. The SMILES string of the molecule is Nc1nc(CC(=O)Nc2ccc(C(O)(O)CNC(O)(O)Cc3ccccc3)cc2)c(O)s1. The molecule has 0 spiro atoms. The zero-order valence-electron chi connectivity index (χ0n) is 16.9. The Kier molecular flexibility index (Phi) is 7.09. The fourth-order valence-electron chi connectivity index (χ4n) is 2.96. The van der Waals surface area contributed by atoms with E-state index in [2.05, 4.69) is 15.6 Å². The summed E-state index contributed by atoms with van der Waals surface area (Å²) in [6.07, 6.45) is -0.333. The number of hydrogen-bond acceptors (Lipinski definition) is 10. The molecule has 0 unspecified atom stereocenters. The molecule has 32 heavy (non-hydrogen) atoms. The number of amides is 1. The molecule has 1 heterocycles. The van der Waals surface area contributed by atoms with Crippen molar-refractivity contribution in [1.29, 1.82) is 0 Å². The van der Waals surface area contributed by atoms with Gasteiger partial charge in [-0.25, -0.2) is 4.98 Å². The number of nitrogens with two attached hydrogens (primary N) is 1. The maximum atomic E-state index is 12.1. The molecule has 0 aliphatic carbocycles. The number of thiazole rings is 1. The van der Waals surface area contributed by atoms with Crippen molar-refractivity contribution in [3.05, 3.63) is 71.4 Å². The number of nitrogens with one attached hydrogen (secondary N) is 2. The molecule has 170 valence electrons. The average molecular weight is 461 g/mol. The molecule has 10 nitrogen and oxygen atoms in total. The van der Waals surface area contributed by atoms with Crippen molar-refractivity contribution >= 4 is 28.1 Å². The lowest BCUT2D eigenvalue weighted by molar-refractivity contribution is -0.221. The van der Waals surface area contributed by atoms with Crippen LogP contribution in [0.25, 0.3) is 0 Å². The zero-order chi connectivity index (χ0) is 23.4. The zero-order valence-corrected chi connectivity index (χ0v) is 17.7. The van der Waals surface area contributed by atoms with Crippen LogP contribution >= 0.6 is 11.3 Å².